The number of hydrogen-bond acceptors (Lipinski definition) is 4. The Morgan fingerprint density at radius 3 is 2.51 bits per heavy atom. The van der Waals surface area contributed by atoms with E-state index in [4.69, 9.17) is 11.6 Å². The van der Waals surface area contributed by atoms with Gasteiger partial charge in [-0.15, -0.1) is 0 Å². The number of nitrogens with one attached hydrogen (secondary N) is 1. The monoisotopic (exact) mass is 498 g/mol. The van der Waals surface area contributed by atoms with E-state index >= 15 is 0 Å². The second-order valence-electron chi connectivity index (χ2n) is 9.42. The first-order valence-electron chi connectivity index (χ1n) is 12.7. The minimum atomic E-state index is -0.339. The Kier molecular flexibility index (Phi) is 8.69. The van der Waals surface area contributed by atoms with Crippen LogP contribution in [0.15, 0.2) is 54.6 Å². The van der Waals surface area contributed by atoms with Gasteiger partial charge in [0.1, 0.15) is 0 Å². The Balaban J connectivity index is 1.24. The number of carbonyl (C=O) groups is 1. The summed E-state index contributed by atoms with van der Waals surface area (Å²) in [5.41, 5.74) is 2.91. The second kappa shape index (κ2) is 11.9. The standard InChI is InChI=1S/C28H36ClFN4O/c1-3-14-34-21(2)23(20-26(34)22-9-5-4-6-10-22)28(35)31-13-8-15-32-16-18-33(19-17-32)25-12-7-11-24(29)27(25)30/h4-7,9-12,20-21,23H,3,8,13-19H2,1-2H3,(H,31,35). The number of rotatable bonds is 9. The Bertz CT molecular complexity index is 1020. The van der Waals surface area contributed by atoms with Crippen molar-refractivity contribution in [2.75, 3.05) is 50.7 Å². The SMILES string of the molecule is CCCN1C(c2ccccc2)=CC(C(=O)NCCCN2CCN(c3cccc(Cl)c3F)CC2)C1C. The number of carbonyl (C=O) groups excluding carboxylic acids is 1. The van der Waals surface area contributed by atoms with Gasteiger partial charge >= 0.3 is 0 Å². The van der Waals surface area contributed by atoms with E-state index in [9.17, 15) is 9.18 Å². The fourth-order valence-corrected chi connectivity index (χ4v) is 5.30. The molecule has 2 atom stereocenters. The van der Waals surface area contributed by atoms with E-state index in [-0.39, 0.29) is 28.7 Å². The molecule has 0 aliphatic carbocycles. The quantitative estimate of drug-likeness (QED) is 0.500. The number of nitrogens with zero attached hydrogens (tertiary/aromatic N) is 3. The molecule has 2 aromatic carbocycles. The highest BCUT2D eigenvalue weighted by Crippen LogP contribution is 2.34. The highest BCUT2D eigenvalue weighted by Gasteiger charge is 2.35. The number of halogens is 2. The van der Waals surface area contributed by atoms with Crippen molar-refractivity contribution in [3.8, 4) is 0 Å². The molecule has 2 aromatic rings. The molecule has 35 heavy (non-hydrogen) atoms. The van der Waals surface area contributed by atoms with Crippen molar-refractivity contribution in [1.82, 2.24) is 15.1 Å². The molecule has 1 saturated heterocycles. The van der Waals surface area contributed by atoms with Crippen LogP contribution < -0.4 is 10.2 Å². The zero-order valence-corrected chi connectivity index (χ0v) is 21.5. The maximum atomic E-state index is 14.3. The summed E-state index contributed by atoms with van der Waals surface area (Å²) in [5.74, 6) is -0.382. The Morgan fingerprint density at radius 2 is 1.80 bits per heavy atom. The molecular weight excluding hydrogens is 463 g/mol. The van der Waals surface area contributed by atoms with Gasteiger partial charge in [0, 0.05) is 51.0 Å². The van der Waals surface area contributed by atoms with Gasteiger partial charge in [0.05, 0.1) is 16.6 Å². The average molecular weight is 499 g/mol. The Hall–Kier alpha value is -2.57. The molecule has 1 fully saturated rings. The van der Waals surface area contributed by atoms with Gasteiger partial charge in [-0.25, -0.2) is 4.39 Å². The van der Waals surface area contributed by atoms with Crippen LogP contribution >= 0.6 is 11.6 Å². The van der Waals surface area contributed by atoms with Gasteiger partial charge in [-0.2, -0.15) is 0 Å². The van der Waals surface area contributed by atoms with E-state index in [0.29, 0.717) is 12.2 Å². The van der Waals surface area contributed by atoms with Gasteiger partial charge in [-0.05, 0) is 50.1 Å². The third-order valence-corrected chi connectivity index (χ3v) is 7.38. The van der Waals surface area contributed by atoms with Crippen molar-refractivity contribution < 1.29 is 9.18 Å². The smallest absolute Gasteiger partial charge is 0.229 e. The van der Waals surface area contributed by atoms with Gasteiger partial charge < -0.3 is 15.1 Å². The highest BCUT2D eigenvalue weighted by molar-refractivity contribution is 6.31. The van der Waals surface area contributed by atoms with Gasteiger partial charge in [0.2, 0.25) is 5.91 Å². The molecule has 2 heterocycles. The van der Waals surface area contributed by atoms with Crippen molar-refractivity contribution in [3.63, 3.8) is 0 Å². The molecule has 7 heteroatoms. The minimum absolute atomic E-state index is 0.103. The van der Waals surface area contributed by atoms with Gasteiger partial charge in [0.15, 0.2) is 5.82 Å². The predicted octanol–water partition coefficient (Wildman–Crippen LogP) is 4.88. The molecule has 188 valence electrons. The molecule has 1 N–H and O–H groups in total. The van der Waals surface area contributed by atoms with E-state index in [1.54, 1.807) is 18.2 Å². The lowest BCUT2D eigenvalue weighted by Crippen LogP contribution is -2.47. The maximum absolute atomic E-state index is 14.3. The largest absolute Gasteiger partial charge is 0.367 e. The van der Waals surface area contributed by atoms with Gasteiger partial charge in [-0.3, -0.25) is 9.69 Å². The second-order valence-corrected chi connectivity index (χ2v) is 9.83. The zero-order chi connectivity index (χ0) is 24.8. The summed E-state index contributed by atoms with van der Waals surface area (Å²) in [5, 5.41) is 3.33. The molecule has 0 bridgehead atoms. The fraction of sp³-hybridized carbons (Fsp3) is 0.464. The van der Waals surface area contributed by atoms with E-state index in [1.807, 2.05) is 18.2 Å². The number of amides is 1. The van der Waals surface area contributed by atoms with Crippen LogP contribution in [-0.2, 0) is 4.79 Å². The number of piperazine rings is 1. The lowest BCUT2D eigenvalue weighted by atomic mass is 10.0. The predicted molar refractivity (Wildman–Crippen MR) is 142 cm³/mol. The minimum Gasteiger partial charge on any atom is -0.367 e. The first-order chi connectivity index (χ1) is 17.0. The zero-order valence-electron chi connectivity index (χ0n) is 20.7. The molecule has 0 radical (unpaired) electrons. The van der Waals surface area contributed by atoms with Crippen LogP contribution in [0.2, 0.25) is 5.02 Å². The summed E-state index contributed by atoms with van der Waals surface area (Å²) >= 11 is 5.94. The maximum Gasteiger partial charge on any atom is 0.229 e. The van der Waals surface area contributed by atoms with E-state index in [1.165, 1.54) is 5.56 Å². The van der Waals surface area contributed by atoms with Crippen molar-refractivity contribution >= 4 is 28.9 Å². The third-order valence-electron chi connectivity index (χ3n) is 7.09. The van der Waals surface area contributed by atoms with Gasteiger partial charge in [-0.1, -0.05) is 54.9 Å². The summed E-state index contributed by atoms with van der Waals surface area (Å²) in [4.78, 5) is 19.8. The summed E-state index contributed by atoms with van der Waals surface area (Å²) in [6.07, 6.45) is 4.07. The lowest BCUT2D eigenvalue weighted by molar-refractivity contribution is -0.124. The van der Waals surface area contributed by atoms with Crippen LogP contribution in [-0.4, -0.2) is 67.6 Å². The van der Waals surface area contributed by atoms with E-state index < -0.39 is 0 Å². The first kappa shape index (κ1) is 25.5. The molecule has 2 unspecified atom stereocenters. The molecule has 1 amide bonds. The van der Waals surface area contributed by atoms with Crippen LogP contribution in [0.25, 0.3) is 5.70 Å². The summed E-state index contributed by atoms with van der Waals surface area (Å²) in [6.45, 7) is 10.1. The molecule has 5 nitrogen and oxygen atoms in total. The molecule has 2 aliphatic rings. The van der Waals surface area contributed by atoms with E-state index in [0.717, 1.165) is 57.8 Å². The molecule has 0 saturated carbocycles. The van der Waals surface area contributed by atoms with E-state index in [2.05, 4.69) is 52.1 Å². The van der Waals surface area contributed by atoms with Crippen LogP contribution in [0.3, 0.4) is 0 Å². The van der Waals surface area contributed by atoms with Crippen LogP contribution in [0.4, 0.5) is 10.1 Å². The molecule has 4 rings (SSSR count). The molecule has 0 spiro atoms. The Morgan fingerprint density at radius 1 is 1.06 bits per heavy atom. The summed E-state index contributed by atoms with van der Waals surface area (Å²) in [7, 11) is 0. The molecule has 2 aliphatic heterocycles. The third kappa shape index (κ3) is 5.99. The average Bonchev–Trinajstić information content (AvgIpc) is 3.21. The summed E-state index contributed by atoms with van der Waals surface area (Å²) < 4.78 is 14.3. The van der Waals surface area contributed by atoms with Crippen LogP contribution in [0.1, 0.15) is 32.3 Å². The van der Waals surface area contributed by atoms with Crippen molar-refractivity contribution in [2.24, 2.45) is 5.92 Å². The van der Waals surface area contributed by atoms with Crippen molar-refractivity contribution in [2.45, 2.75) is 32.7 Å². The van der Waals surface area contributed by atoms with Crippen LogP contribution in [0, 0.1) is 11.7 Å². The van der Waals surface area contributed by atoms with Gasteiger partial charge in [0.25, 0.3) is 0 Å². The number of hydrogen-bond donors (Lipinski definition) is 1. The number of benzene rings is 2. The normalized spacial score (nSPS) is 20.7. The molecule has 0 aromatic heterocycles. The lowest BCUT2D eigenvalue weighted by Gasteiger charge is -2.36. The number of anilines is 1. The van der Waals surface area contributed by atoms with Crippen LogP contribution in [0.5, 0.6) is 0 Å². The molecular formula is C28H36ClFN4O. The van der Waals surface area contributed by atoms with Crippen molar-refractivity contribution in [1.29, 1.82) is 0 Å². The topological polar surface area (TPSA) is 38.8 Å². The first-order valence-corrected chi connectivity index (χ1v) is 13.1. The van der Waals surface area contributed by atoms with Crippen molar-refractivity contribution in [3.05, 3.63) is 71.0 Å². The summed E-state index contributed by atoms with van der Waals surface area (Å²) in [6, 6.07) is 15.6. The Labute approximate surface area is 213 Å². The fourth-order valence-electron chi connectivity index (χ4n) is 5.13. The highest BCUT2D eigenvalue weighted by atomic mass is 35.5.